The first-order valence-electron chi connectivity index (χ1n) is 6.53. The van der Waals surface area contributed by atoms with Gasteiger partial charge in [0.1, 0.15) is 5.78 Å². The van der Waals surface area contributed by atoms with E-state index < -0.39 is 0 Å². The number of carbonyl (C=O) groups excluding carboxylic acids is 1. The number of ketones is 1. The molecule has 0 aliphatic carbocycles. The molecule has 94 valence electrons. The monoisotopic (exact) mass is 235 g/mol. The highest BCUT2D eigenvalue weighted by molar-refractivity contribution is 5.83. The van der Waals surface area contributed by atoms with E-state index >= 15 is 0 Å². The van der Waals surface area contributed by atoms with Crippen molar-refractivity contribution in [1.82, 2.24) is 15.1 Å². The molecule has 0 radical (unpaired) electrons. The number of carbonyl (C=O) groups is 1. The third-order valence-electron chi connectivity index (χ3n) is 3.45. The van der Waals surface area contributed by atoms with Gasteiger partial charge in [0.05, 0.1) is 5.69 Å². The predicted molar refractivity (Wildman–Crippen MR) is 67.0 cm³/mol. The van der Waals surface area contributed by atoms with Gasteiger partial charge in [-0.15, -0.1) is 0 Å². The molecular weight excluding hydrogens is 214 g/mol. The van der Waals surface area contributed by atoms with Gasteiger partial charge in [0.2, 0.25) is 0 Å². The second kappa shape index (κ2) is 5.45. The molecule has 4 heteroatoms. The molecule has 1 aliphatic heterocycles. The Hall–Kier alpha value is -1.16. The van der Waals surface area contributed by atoms with Crippen molar-refractivity contribution < 1.29 is 4.79 Å². The Morgan fingerprint density at radius 3 is 3.00 bits per heavy atom. The van der Waals surface area contributed by atoms with Gasteiger partial charge in [0, 0.05) is 31.1 Å². The second-order valence-corrected chi connectivity index (χ2v) is 4.63. The van der Waals surface area contributed by atoms with Crippen molar-refractivity contribution in [3.63, 3.8) is 0 Å². The molecule has 1 aliphatic rings. The lowest BCUT2D eigenvalue weighted by Gasteiger charge is -2.08. The molecule has 1 saturated heterocycles. The molecule has 0 saturated carbocycles. The summed E-state index contributed by atoms with van der Waals surface area (Å²) in [5, 5.41) is 7.72. The van der Waals surface area contributed by atoms with Crippen molar-refractivity contribution in [2.45, 2.75) is 39.7 Å². The fourth-order valence-electron chi connectivity index (χ4n) is 2.36. The summed E-state index contributed by atoms with van der Waals surface area (Å²) in [6.07, 6.45) is 2.45. The Labute approximate surface area is 102 Å². The van der Waals surface area contributed by atoms with Gasteiger partial charge >= 0.3 is 0 Å². The van der Waals surface area contributed by atoms with Crippen LogP contribution in [0, 0.1) is 5.92 Å². The summed E-state index contributed by atoms with van der Waals surface area (Å²) in [5.41, 5.74) is 2.15. The predicted octanol–water partition coefficient (Wildman–Crippen LogP) is 1.19. The van der Waals surface area contributed by atoms with Crippen LogP contribution >= 0.6 is 0 Å². The SMILES string of the molecule is CCc1cc(CC(=O)C2CCNC2)n(CC)n1. The molecule has 1 aromatic heterocycles. The van der Waals surface area contributed by atoms with Gasteiger partial charge in [-0.25, -0.2) is 0 Å². The number of rotatable bonds is 5. The van der Waals surface area contributed by atoms with Crippen LogP contribution in [0.15, 0.2) is 6.07 Å². The molecule has 2 heterocycles. The molecule has 2 rings (SSSR count). The molecule has 0 aromatic carbocycles. The number of aryl methyl sites for hydroxylation is 2. The van der Waals surface area contributed by atoms with E-state index in [1.165, 1.54) is 0 Å². The molecule has 0 bridgehead atoms. The lowest BCUT2D eigenvalue weighted by Crippen LogP contribution is -2.20. The molecular formula is C13H21N3O. The lowest BCUT2D eigenvalue weighted by atomic mass is 9.99. The molecule has 0 spiro atoms. The molecule has 0 amide bonds. The van der Waals surface area contributed by atoms with Crippen LogP contribution in [0.1, 0.15) is 31.7 Å². The first-order chi connectivity index (χ1) is 8.24. The van der Waals surface area contributed by atoms with E-state index in [0.717, 1.165) is 43.9 Å². The maximum Gasteiger partial charge on any atom is 0.143 e. The fraction of sp³-hybridized carbons (Fsp3) is 0.692. The Balaban J connectivity index is 2.06. The highest BCUT2D eigenvalue weighted by atomic mass is 16.1. The third-order valence-corrected chi connectivity index (χ3v) is 3.45. The number of nitrogens with zero attached hydrogens (tertiary/aromatic N) is 2. The standard InChI is InChI=1S/C13H21N3O/c1-3-11-7-12(16(4-2)15-11)8-13(17)10-5-6-14-9-10/h7,10,14H,3-6,8-9H2,1-2H3. The summed E-state index contributed by atoms with van der Waals surface area (Å²) in [5.74, 6) is 0.563. The summed E-state index contributed by atoms with van der Waals surface area (Å²) in [7, 11) is 0. The van der Waals surface area contributed by atoms with Crippen molar-refractivity contribution >= 4 is 5.78 Å². The maximum absolute atomic E-state index is 12.1. The average molecular weight is 235 g/mol. The van der Waals surface area contributed by atoms with Crippen molar-refractivity contribution in [2.24, 2.45) is 5.92 Å². The number of hydrogen-bond acceptors (Lipinski definition) is 3. The topological polar surface area (TPSA) is 46.9 Å². The summed E-state index contributed by atoms with van der Waals surface area (Å²) >= 11 is 0. The summed E-state index contributed by atoms with van der Waals surface area (Å²) in [4.78, 5) is 12.1. The highest BCUT2D eigenvalue weighted by Crippen LogP contribution is 2.14. The van der Waals surface area contributed by atoms with E-state index in [4.69, 9.17) is 0 Å². The van der Waals surface area contributed by atoms with Crippen molar-refractivity contribution in [1.29, 1.82) is 0 Å². The van der Waals surface area contributed by atoms with E-state index in [1.807, 2.05) is 4.68 Å². The first-order valence-corrected chi connectivity index (χ1v) is 6.53. The Morgan fingerprint density at radius 1 is 1.59 bits per heavy atom. The third kappa shape index (κ3) is 2.75. The summed E-state index contributed by atoms with van der Waals surface area (Å²) in [6.45, 7) is 6.82. The van der Waals surface area contributed by atoms with Crippen LogP contribution in [-0.2, 0) is 24.2 Å². The Morgan fingerprint density at radius 2 is 2.41 bits per heavy atom. The van der Waals surface area contributed by atoms with E-state index in [0.29, 0.717) is 12.2 Å². The van der Waals surface area contributed by atoms with Gasteiger partial charge in [-0.05, 0) is 32.4 Å². The molecule has 17 heavy (non-hydrogen) atoms. The Bertz CT molecular complexity index is 391. The van der Waals surface area contributed by atoms with Crippen LogP contribution in [0.25, 0.3) is 0 Å². The number of nitrogens with one attached hydrogen (secondary N) is 1. The molecule has 1 N–H and O–H groups in total. The van der Waals surface area contributed by atoms with Crippen molar-refractivity contribution in [2.75, 3.05) is 13.1 Å². The highest BCUT2D eigenvalue weighted by Gasteiger charge is 2.23. The number of aromatic nitrogens is 2. The van der Waals surface area contributed by atoms with Crippen LogP contribution in [0.5, 0.6) is 0 Å². The average Bonchev–Trinajstić information content (AvgIpc) is 2.97. The second-order valence-electron chi connectivity index (χ2n) is 4.63. The van der Waals surface area contributed by atoms with Gasteiger partial charge in [0.25, 0.3) is 0 Å². The number of hydrogen-bond donors (Lipinski definition) is 1. The van der Waals surface area contributed by atoms with Crippen LogP contribution in [-0.4, -0.2) is 28.7 Å². The number of Topliss-reactive ketones (excluding diaryl/α,β-unsaturated/α-hetero) is 1. The zero-order chi connectivity index (χ0) is 12.3. The molecule has 4 nitrogen and oxygen atoms in total. The van der Waals surface area contributed by atoms with Gasteiger partial charge < -0.3 is 5.32 Å². The minimum atomic E-state index is 0.209. The van der Waals surface area contributed by atoms with Crippen LogP contribution in [0.3, 0.4) is 0 Å². The summed E-state index contributed by atoms with van der Waals surface area (Å²) < 4.78 is 1.96. The van der Waals surface area contributed by atoms with E-state index in [2.05, 4.69) is 30.3 Å². The quantitative estimate of drug-likeness (QED) is 0.834. The van der Waals surface area contributed by atoms with Gasteiger partial charge in [-0.1, -0.05) is 6.92 Å². The zero-order valence-corrected chi connectivity index (χ0v) is 10.7. The minimum absolute atomic E-state index is 0.209. The van der Waals surface area contributed by atoms with Crippen molar-refractivity contribution in [3.8, 4) is 0 Å². The molecule has 1 atom stereocenters. The maximum atomic E-state index is 12.1. The van der Waals surface area contributed by atoms with E-state index in [-0.39, 0.29) is 5.92 Å². The minimum Gasteiger partial charge on any atom is -0.316 e. The zero-order valence-electron chi connectivity index (χ0n) is 10.7. The molecule has 1 unspecified atom stereocenters. The smallest absolute Gasteiger partial charge is 0.143 e. The first kappa shape index (κ1) is 12.3. The Kier molecular flexibility index (Phi) is 3.94. The largest absolute Gasteiger partial charge is 0.316 e. The molecule has 1 aromatic rings. The van der Waals surface area contributed by atoms with Crippen LogP contribution < -0.4 is 5.32 Å². The molecule has 1 fully saturated rings. The lowest BCUT2D eigenvalue weighted by molar-refractivity contribution is -0.121. The van der Waals surface area contributed by atoms with Crippen molar-refractivity contribution in [3.05, 3.63) is 17.5 Å². The van der Waals surface area contributed by atoms with Gasteiger partial charge in [0.15, 0.2) is 0 Å². The van der Waals surface area contributed by atoms with E-state index in [9.17, 15) is 4.79 Å². The van der Waals surface area contributed by atoms with Crippen LogP contribution in [0.2, 0.25) is 0 Å². The van der Waals surface area contributed by atoms with Gasteiger partial charge in [-0.3, -0.25) is 9.48 Å². The van der Waals surface area contributed by atoms with Crippen LogP contribution in [0.4, 0.5) is 0 Å². The normalized spacial score (nSPS) is 19.8. The fourth-order valence-corrected chi connectivity index (χ4v) is 2.36. The van der Waals surface area contributed by atoms with E-state index in [1.54, 1.807) is 0 Å². The van der Waals surface area contributed by atoms with Gasteiger partial charge in [-0.2, -0.15) is 5.10 Å². The summed E-state index contributed by atoms with van der Waals surface area (Å²) in [6, 6.07) is 2.07.